The Balaban J connectivity index is 1.28. The third-order valence-corrected chi connectivity index (χ3v) is 6.82. The van der Waals surface area contributed by atoms with Gasteiger partial charge in [0.1, 0.15) is 0 Å². The molecule has 0 aliphatic carbocycles. The molecule has 0 radical (unpaired) electrons. The van der Waals surface area contributed by atoms with Crippen molar-refractivity contribution in [1.29, 1.82) is 0 Å². The molecule has 2 saturated heterocycles. The molecule has 0 aromatic heterocycles. The van der Waals surface area contributed by atoms with E-state index in [4.69, 9.17) is 4.74 Å². The molecule has 3 heterocycles. The quantitative estimate of drug-likeness (QED) is 0.746. The molecule has 1 aromatic carbocycles. The first-order chi connectivity index (χ1) is 13.6. The van der Waals surface area contributed by atoms with Gasteiger partial charge in [0.2, 0.25) is 17.7 Å². The van der Waals surface area contributed by atoms with Crippen LogP contribution in [0.15, 0.2) is 29.2 Å². The number of carbonyl (C=O) groups is 3. The second-order valence-corrected chi connectivity index (χ2v) is 8.61. The van der Waals surface area contributed by atoms with Crippen LogP contribution in [-0.4, -0.2) is 60.2 Å². The van der Waals surface area contributed by atoms with E-state index in [-0.39, 0.29) is 29.7 Å². The SMILES string of the molecule is O=C(NC[C@@H]1CCCO1)C1CCN(C(=O)[C@@H]2Sc3ccccc3NC2=O)CC1. The van der Waals surface area contributed by atoms with E-state index in [0.29, 0.717) is 32.5 Å². The number of piperidine rings is 1. The summed E-state index contributed by atoms with van der Waals surface area (Å²) in [5.74, 6) is -0.485. The number of carbonyl (C=O) groups excluding carboxylic acids is 3. The van der Waals surface area contributed by atoms with E-state index < -0.39 is 5.25 Å². The summed E-state index contributed by atoms with van der Waals surface area (Å²) in [5, 5.41) is 5.04. The lowest BCUT2D eigenvalue weighted by molar-refractivity contribution is -0.137. The molecule has 3 aliphatic rings. The Labute approximate surface area is 168 Å². The van der Waals surface area contributed by atoms with Crippen LogP contribution in [0.2, 0.25) is 0 Å². The van der Waals surface area contributed by atoms with Gasteiger partial charge in [-0.3, -0.25) is 14.4 Å². The van der Waals surface area contributed by atoms with Crippen LogP contribution in [0.25, 0.3) is 0 Å². The summed E-state index contributed by atoms with van der Waals surface area (Å²) in [6.45, 7) is 2.35. The molecule has 8 heteroatoms. The summed E-state index contributed by atoms with van der Waals surface area (Å²) < 4.78 is 5.53. The van der Waals surface area contributed by atoms with Gasteiger partial charge in [-0.2, -0.15) is 0 Å². The zero-order valence-electron chi connectivity index (χ0n) is 15.7. The largest absolute Gasteiger partial charge is 0.376 e. The minimum atomic E-state index is -0.764. The lowest BCUT2D eigenvalue weighted by atomic mass is 9.95. The van der Waals surface area contributed by atoms with Gasteiger partial charge in [0.05, 0.1) is 11.8 Å². The van der Waals surface area contributed by atoms with E-state index in [2.05, 4.69) is 10.6 Å². The molecule has 2 fully saturated rings. The Kier molecular flexibility index (Phi) is 5.87. The van der Waals surface area contributed by atoms with Crippen LogP contribution in [0.4, 0.5) is 5.69 Å². The standard InChI is InChI=1S/C20H25N3O4S/c24-18(21-12-14-4-3-11-27-14)13-7-9-23(10-8-13)20(26)17-19(25)22-15-5-1-2-6-16(15)28-17/h1-2,5-6,13-14,17H,3-4,7-12H2,(H,21,24)(H,22,25)/t14-,17+/m0/s1. The fourth-order valence-electron chi connectivity index (χ4n) is 3.91. The van der Waals surface area contributed by atoms with E-state index in [1.807, 2.05) is 24.3 Å². The van der Waals surface area contributed by atoms with Gasteiger partial charge in [0.25, 0.3) is 0 Å². The van der Waals surface area contributed by atoms with E-state index in [1.165, 1.54) is 11.8 Å². The number of likely N-dealkylation sites (tertiary alicyclic amines) is 1. The Morgan fingerprint density at radius 2 is 2.00 bits per heavy atom. The fourth-order valence-corrected chi connectivity index (χ4v) is 4.98. The lowest BCUT2D eigenvalue weighted by Gasteiger charge is -2.34. The summed E-state index contributed by atoms with van der Waals surface area (Å²) >= 11 is 1.30. The van der Waals surface area contributed by atoms with Gasteiger partial charge in [0.15, 0.2) is 5.25 Å². The molecule has 2 atom stereocenters. The Morgan fingerprint density at radius 1 is 1.21 bits per heavy atom. The monoisotopic (exact) mass is 403 g/mol. The molecule has 0 bridgehead atoms. The number of anilines is 1. The highest BCUT2D eigenvalue weighted by atomic mass is 32.2. The number of ether oxygens (including phenoxy) is 1. The number of fused-ring (bicyclic) bond motifs is 1. The van der Waals surface area contributed by atoms with Gasteiger partial charge in [0, 0.05) is 37.1 Å². The van der Waals surface area contributed by atoms with Gasteiger partial charge in [-0.15, -0.1) is 11.8 Å². The van der Waals surface area contributed by atoms with E-state index in [0.717, 1.165) is 30.0 Å². The number of nitrogens with zero attached hydrogens (tertiary/aromatic N) is 1. The molecule has 150 valence electrons. The first-order valence-corrected chi connectivity index (χ1v) is 10.7. The highest BCUT2D eigenvalue weighted by molar-refractivity contribution is 8.01. The second-order valence-electron chi connectivity index (χ2n) is 7.46. The molecule has 7 nitrogen and oxygen atoms in total. The number of para-hydroxylation sites is 1. The minimum Gasteiger partial charge on any atom is -0.376 e. The summed E-state index contributed by atoms with van der Waals surface area (Å²) in [6, 6.07) is 7.49. The zero-order valence-corrected chi connectivity index (χ0v) is 16.5. The Morgan fingerprint density at radius 3 is 2.75 bits per heavy atom. The van der Waals surface area contributed by atoms with Gasteiger partial charge in [-0.25, -0.2) is 0 Å². The van der Waals surface area contributed by atoms with Crippen LogP contribution in [0, 0.1) is 5.92 Å². The fraction of sp³-hybridized carbons (Fsp3) is 0.550. The van der Waals surface area contributed by atoms with Crippen molar-refractivity contribution in [2.45, 2.75) is 41.9 Å². The van der Waals surface area contributed by atoms with Gasteiger partial charge >= 0.3 is 0 Å². The lowest BCUT2D eigenvalue weighted by Crippen LogP contribution is -2.49. The molecular formula is C20H25N3O4S. The van der Waals surface area contributed by atoms with Crippen molar-refractivity contribution < 1.29 is 19.1 Å². The van der Waals surface area contributed by atoms with Crippen molar-refractivity contribution in [3.63, 3.8) is 0 Å². The van der Waals surface area contributed by atoms with Crippen molar-refractivity contribution >= 4 is 35.2 Å². The van der Waals surface area contributed by atoms with Crippen molar-refractivity contribution in [2.24, 2.45) is 5.92 Å². The molecule has 2 N–H and O–H groups in total. The highest BCUT2D eigenvalue weighted by Gasteiger charge is 2.37. The Bertz CT molecular complexity index is 758. The topological polar surface area (TPSA) is 87.7 Å². The third-order valence-electron chi connectivity index (χ3n) is 5.56. The summed E-state index contributed by atoms with van der Waals surface area (Å²) in [6.07, 6.45) is 3.43. The number of rotatable bonds is 4. The average Bonchev–Trinajstić information content (AvgIpc) is 3.25. The maximum atomic E-state index is 12.9. The van der Waals surface area contributed by atoms with Gasteiger partial charge < -0.3 is 20.3 Å². The molecule has 1 aromatic rings. The summed E-state index contributed by atoms with van der Waals surface area (Å²) in [4.78, 5) is 40.3. The first-order valence-electron chi connectivity index (χ1n) is 9.86. The van der Waals surface area contributed by atoms with E-state index in [1.54, 1.807) is 4.90 Å². The average molecular weight is 404 g/mol. The number of benzene rings is 1. The third kappa shape index (κ3) is 4.17. The number of hydrogen-bond acceptors (Lipinski definition) is 5. The normalized spacial score (nSPS) is 25.1. The Hall–Kier alpha value is -2.06. The maximum absolute atomic E-state index is 12.9. The molecule has 3 amide bonds. The number of nitrogens with one attached hydrogen (secondary N) is 2. The van der Waals surface area contributed by atoms with Crippen molar-refractivity contribution in [3.8, 4) is 0 Å². The van der Waals surface area contributed by atoms with E-state index in [9.17, 15) is 14.4 Å². The van der Waals surface area contributed by atoms with Crippen molar-refractivity contribution in [2.75, 3.05) is 31.6 Å². The van der Waals surface area contributed by atoms with Crippen molar-refractivity contribution in [3.05, 3.63) is 24.3 Å². The van der Waals surface area contributed by atoms with Crippen molar-refractivity contribution in [1.82, 2.24) is 10.2 Å². The minimum absolute atomic E-state index is 0.0429. The predicted molar refractivity (Wildman–Crippen MR) is 106 cm³/mol. The first kappa shape index (κ1) is 19.3. The van der Waals surface area contributed by atoms with Crippen LogP contribution in [0.1, 0.15) is 25.7 Å². The molecule has 28 heavy (non-hydrogen) atoms. The van der Waals surface area contributed by atoms with Gasteiger partial charge in [-0.05, 0) is 37.8 Å². The smallest absolute Gasteiger partial charge is 0.247 e. The highest BCUT2D eigenvalue weighted by Crippen LogP contribution is 2.36. The molecule has 0 spiro atoms. The van der Waals surface area contributed by atoms with Crippen LogP contribution in [0.5, 0.6) is 0 Å². The van der Waals surface area contributed by atoms with Gasteiger partial charge in [-0.1, -0.05) is 12.1 Å². The van der Waals surface area contributed by atoms with Crippen LogP contribution in [-0.2, 0) is 19.1 Å². The molecular weight excluding hydrogens is 378 g/mol. The van der Waals surface area contributed by atoms with E-state index >= 15 is 0 Å². The summed E-state index contributed by atoms with van der Waals surface area (Å²) in [7, 11) is 0. The number of hydrogen-bond donors (Lipinski definition) is 2. The van der Waals surface area contributed by atoms with Crippen LogP contribution in [0.3, 0.4) is 0 Å². The van der Waals surface area contributed by atoms with Crippen LogP contribution < -0.4 is 10.6 Å². The second kappa shape index (κ2) is 8.53. The zero-order chi connectivity index (χ0) is 19.5. The molecule has 0 saturated carbocycles. The maximum Gasteiger partial charge on any atom is 0.247 e. The summed E-state index contributed by atoms with van der Waals surface area (Å²) in [5.41, 5.74) is 0.753. The molecule has 4 rings (SSSR count). The predicted octanol–water partition coefficient (Wildman–Crippen LogP) is 1.63. The molecule has 0 unspecified atom stereocenters. The van der Waals surface area contributed by atoms with Crippen LogP contribution >= 0.6 is 11.8 Å². The molecule has 3 aliphatic heterocycles. The number of amides is 3. The number of thioether (sulfide) groups is 1.